The van der Waals surface area contributed by atoms with Crippen LogP contribution in [-0.4, -0.2) is 10.2 Å². The van der Waals surface area contributed by atoms with Crippen molar-refractivity contribution in [2.75, 3.05) is 0 Å². The zero-order valence-corrected chi connectivity index (χ0v) is 12.9. The van der Waals surface area contributed by atoms with Crippen LogP contribution in [0, 0.1) is 0 Å². The van der Waals surface area contributed by atoms with Gasteiger partial charge in [-0.1, -0.05) is 27.7 Å². The summed E-state index contributed by atoms with van der Waals surface area (Å²) in [6, 6.07) is 0. The molecule has 2 N–H and O–H groups in total. The van der Waals surface area contributed by atoms with Gasteiger partial charge in [-0.3, -0.25) is 0 Å². The molecule has 0 heterocycles. The zero-order valence-electron chi connectivity index (χ0n) is 10.5. The molecule has 96 valence electrons. The first-order valence-corrected chi connectivity index (χ1v) is 6.97. The van der Waals surface area contributed by atoms with E-state index in [1.165, 1.54) is 0 Å². The highest BCUT2D eigenvalue weighted by atomic mass is 79.9. The van der Waals surface area contributed by atoms with Gasteiger partial charge in [0.15, 0.2) is 0 Å². The third-order valence-corrected chi connectivity index (χ3v) is 3.92. The summed E-state index contributed by atoms with van der Waals surface area (Å²) >= 11 is 9.26. The van der Waals surface area contributed by atoms with E-state index < -0.39 is 0 Å². The van der Waals surface area contributed by atoms with Gasteiger partial charge >= 0.3 is 0 Å². The molecule has 0 saturated heterocycles. The van der Waals surface area contributed by atoms with Crippen LogP contribution in [0.3, 0.4) is 0 Å². The SMILES string of the molecule is CC(C)c1c(O)c(CCl)c(C(C)C)c(O)c1Br. The Hall–Kier alpha value is -0.410. The van der Waals surface area contributed by atoms with Crippen molar-refractivity contribution in [3.8, 4) is 11.5 Å². The Labute approximate surface area is 116 Å². The summed E-state index contributed by atoms with van der Waals surface area (Å²) in [6.45, 7) is 7.86. The lowest BCUT2D eigenvalue weighted by molar-refractivity contribution is 0.435. The molecule has 1 aromatic carbocycles. The third-order valence-electron chi connectivity index (χ3n) is 2.85. The predicted octanol–water partition coefficient (Wildman–Crippen LogP) is 4.85. The molecule has 0 aliphatic heterocycles. The molecule has 0 aliphatic rings. The van der Waals surface area contributed by atoms with Gasteiger partial charge in [0.05, 0.1) is 10.4 Å². The lowest BCUT2D eigenvalue weighted by Crippen LogP contribution is -2.02. The summed E-state index contributed by atoms with van der Waals surface area (Å²) in [7, 11) is 0. The third kappa shape index (κ3) is 2.55. The second-order valence-corrected chi connectivity index (χ2v) is 5.82. The molecule has 0 fully saturated rings. The van der Waals surface area contributed by atoms with Gasteiger partial charge in [-0.25, -0.2) is 0 Å². The minimum atomic E-state index is 0.104. The van der Waals surface area contributed by atoms with Crippen LogP contribution in [0.25, 0.3) is 0 Å². The summed E-state index contributed by atoms with van der Waals surface area (Å²) in [5.41, 5.74) is 2.06. The van der Waals surface area contributed by atoms with Gasteiger partial charge in [-0.05, 0) is 27.8 Å². The van der Waals surface area contributed by atoms with Crippen LogP contribution >= 0.6 is 27.5 Å². The standard InChI is InChI=1S/C13H18BrClO2/c1-6(2)9-8(5-15)12(16)10(7(3)4)11(14)13(9)17/h6-7,16-17H,5H2,1-4H3. The molecule has 0 aromatic heterocycles. The van der Waals surface area contributed by atoms with Crippen LogP contribution in [0.5, 0.6) is 11.5 Å². The molecule has 0 spiro atoms. The van der Waals surface area contributed by atoms with E-state index in [1.807, 2.05) is 27.7 Å². The van der Waals surface area contributed by atoms with Gasteiger partial charge in [-0.15, -0.1) is 11.6 Å². The number of aromatic hydroxyl groups is 2. The topological polar surface area (TPSA) is 40.5 Å². The Kier molecular flexibility index (Phi) is 4.73. The maximum atomic E-state index is 10.3. The average Bonchev–Trinajstić information content (AvgIpc) is 2.22. The normalized spacial score (nSPS) is 11.5. The lowest BCUT2D eigenvalue weighted by atomic mass is 9.90. The van der Waals surface area contributed by atoms with E-state index >= 15 is 0 Å². The molecule has 0 saturated carbocycles. The van der Waals surface area contributed by atoms with E-state index in [0.717, 1.165) is 0 Å². The smallest absolute Gasteiger partial charge is 0.134 e. The van der Waals surface area contributed by atoms with Gasteiger partial charge in [0.2, 0.25) is 0 Å². The van der Waals surface area contributed by atoms with Crippen LogP contribution in [0.15, 0.2) is 4.47 Å². The van der Waals surface area contributed by atoms with E-state index in [0.29, 0.717) is 21.2 Å². The number of phenolic OH excluding ortho intramolecular Hbond substituents is 2. The molecule has 0 atom stereocenters. The molecule has 17 heavy (non-hydrogen) atoms. The zero-order chi connectivity index (χ0) is 13.3. The van der Waals surface area contributed by atoms with Crippen molar-refractivity contribution in [1.29, 1.82) is 0 Å². The first-order chi connectivity index (χ1) is 7.82. The molecule has 2 nitrogen and oxygen atoms in total. The van der Waals surface area contributed by atoms with E-state index in [9.17, 15) is 10.2 Å². The summed E-state index contributed by atoms with van der Waals surface area (Å²) in [4.78, 5) is 0. The predicted molar refractivity (Wildman–Crippen MR) is 75.2 cm³/mol. The van der Waals surface area contributed by atoms with Crippen molar-refractivity contribution in [1.82, 2.24) is 0 Å². The second kappa shape index (κ2) is 5.49. The Morgan fingerprint density at radius 3 is 1.82 bits per heavy atom. The van der Waals surface area contributed by atoms with Crippen molar-refractivity contribution >= 4 is 27.5 Å². The molecule has 0 unspecified atom stereocenters. The average molecular weight is 322 g/mol. The molecule has 1 rings (SSSR count). The number of hydrogen-bond acceptors (Lipinski definition) is 2. The highest BCUT2D eigenvalue weighted by Gasteiger charge is 2.24. The number of hydrogen-bond donors (Lipinski definition) is 2. The molecule has 4 heteroatoms. The minimum Gasteiger partial charge on any atom is -0.507 e. The maximum Gasteiger partial charge on any atom is 0.134 e. The maximum absolute atomic E-state index is 10.3. The number of benzene rings is 1. The van der Waals surface area contributed by atoms with Crippen LogP contribution in [-0.2, 0) is 5.88 Å². The second-order valence-electron chi connectivity index (χ2n) is 4.76. The molecule has 0 bridgehead atoms. The summed E-state index contributed by atoms with van der Waals surface area (Å²) in [5.74, 6) is 0.797. The number of alkyl halides is 1. The van der Waals surface area contributed by atoms with E-state index in [1.54, 1.807) is 0 Å². The van der Waals surface area contributed by atoms with Gasteiger partial charge in [0, 0.05) is 16.7 Å². The van der Waals surface area contributed by atoms with Crippen molar-refractivity contribution < 1.29 is 10.2 Å². The highest BCUT2D eigenvalue weighted by molar-refractivity contribution is 9.10. The largest absolute Gasteiger partial charge is 0.507 e. The highest BCUT2D eigenvalue weighted by Crippen LogP contribution is 2.47. The first kappa shape index (κ1) is 14.7. The van der Waals surface area contributed by atoms with Crippen molar-refractivity contribution in [2.45, 2.75) is 45.4 Å². The lowest BCUT2D eigenvalue weighted by Gasteiger charge is -2.21. The molecular weight excluding hydrogens is 303 g/mol. The van der Waals surface area contributed by atoms with Crippen LogP contribution < -0.4 is 0 Å². The van der Waals surface area contributed by atoms with Crippen LogP contribution in [0.4, 0.5) is 0 Å². The monoisotopic (exact) mass is 320 g/mol. The van der Waals surface area contributed by atoms with Crippen molar-refractivity contribution in [2.24, 2.45) is 0 Å². The van der Waals surface area contributed by atoms with Gasteiger partial charge in [0.1, 0.15) is 11.5 Å². The minimum absolute atomic E-state index is 0.104. The van der Waals surface area contributed by atoms with Crippen molar-refractivity contribution in [3.63, 3.8) is 0 Å². The van der Waals surface area contributed by atoms with Gasteiger partial charge < -0.3 is 10.2 Å². The number of rotatable bonds is 3. The van der Waals surface area contributed by atoms with Crippen LogP contribution in [0.1, 0.15) is 56.2 Å². The Balaban J connectivity index is 3.68. The van der Waals surface area contributed by atoms with Crippen LogP contribution in [0.2, 0.25) is 0 Å². The Morgan fingerprint density at radius 1 is 1.00 bits per heavy atom. The fraction of sp³-hybridized carbons (Fsp3) is 0.538. The van der Waals surface area contributed by atoms with E-state index in [4.69, 9.17) is 11.6 Å². The summed E-state index contributed by atoms with van der Waals surface area (Å²) < 4.78 is 0.572. The quantitative estimate of drug-likeness (QED) is 0.617. The Bertz CT molecular complexity index is 428. The molecular formula is C13H18BrClO2. The fourth-order valence-corrected chi connectivity index (χ4v) is 3.20. The fourth-order valence-electron chi connectivity index (χ4n) is 2.07. The molecule has 0 radical (unpaired) electrons. The summed E-state index contributed by atoms with van der Waals surface area (Å²) in [5, 5.41) is 20.5. The molecule has 0 aliphatic carbocycles. The van der Waals surface area contributed by atoms with Crippen molar-refractivity contribution in [3.05, 3.63) is 21.2 Å². The first-order valence-electron chi connectivity index (χ1n) is 5.64. The molecule has 0 amide bonds. The van der Waals surface area contributed by atoms with Gasteiger partial charge in [-0.2, -0.15) is 0 Å². The van der Waals surface area contributed by atoms with E-state index in [-0.39, 0.29) is 29.2 Å². The molecule has 1 aromatic rings. The summed E-state index contributed by atoms with van der Waals surface area (Å²) in [6.07, 6.45) is 0. The van der Waals surface area contributed by atoms with Gasteiger partial charge in [0.25, 0.3) is 0 Å². The number of halogens is 2. The number of phenols is 2. The Morgan fingerprint density at radius 2 is 1.47 bits per heavy atom. The van der Waals surface area contributed by atoms with E-state index in [2.05, 4.69) is 15.9 Å².